The van der Waals surface area contributed by atoms with Gasteiger partial charge in [0.25, 0.3) is 0 Å². The molecule has 0 saturated heterocycles. The third-order valence-electron chi connectivity index (χ3n) is 3.19. The number of nitrogens with two attached hydrogens (primary N) is 1. The van der Waals surface area contributed by atoms with Crippen LogP contribution in [0.1, 0.15) is 4.88 Å². The predicted octanol–water partition coefficient (Wildman–Crippen LogP) is 5.14. The average Bonchev–Trinajstić information content (AvgIpc) is 3.03. The first-order chi connectivity index (χ1) is 10.8. The molecule has 0 unspecified atom stereocenters. The lowest BCUT2D eigenvalue weighted by atomic mass is 10.1. The molecule has 0 radical (unpaired) electrons. The van der Waals surface area contributed by atoms with E-state index in [1.807, 2.05) is 24.5 Å². The first-order valence-corrected chi connectivity index (χ1v) is 9.70. The summed E-state index contributed by atoms with van der Waals surface area (Å²) in [6.07, 6.45) is 5.78. The van der Waals surface area contributed by atoms with E-state index in [4.69, 9.17) is 5.73 Å². The maximum Gasteiger partial charge on any atom is 0.0649 e. The van der Waals surface area contributed by atoms with Gasteiger partial charge in [-0.05, 0) is 59.8 Å². The number of hydrogen-bond acceptors (Lipinski definition) is 5. The lowest BCUT2D eigenvalue weighted by molar-refractivity contribution is 1.11. The van der Waals surface area contributed by atoms with Gasteiger partial charge in [0, 0.05) is 33.6 Å². The second-order valence-corrected chi connectivity index (χ2v) is 8.08. The third-order valence-corrected chi connectivity index (χ3v) is 6.10. The van der Waals surface area contributed by atoms with E-state index in [-0.39, 0.29) is 0 Å². The normalized spacial score (nSPS) is 10.8. The summed E-state index contributed by atoms with van der Waals surface area (Å²) in [6, 6.07) is 15.1. The van der Waals surface area contributed by atoms with Gasteiger partial charge in [-0.3, -0.25) is 4.98 Å². The maximum absolute atomic E-state index is 5.69. The second kappa shape index (κ2) is 7.33. The number of thiophene rings is 1. The standard InChI is InChI=1S/C17H16N2S3/c1-20-15-8-13(12-4-6-19-7-5-12)9-16(10-15)22-17-3-2-14(11-18)21-17/h2-10H,11,18H2,1H3. The van der Waals surface area contributed by atoms with Gasteiger partial charge in [-0.15, -0.1) is 23.1 Å². The average molecular weight is 345 g/mol. The highest BCUT2D eigenvalue weighted by atomic mass is 32.2. The molecule has 0 aliphatic carbocycles. The molecule has 0 spiro atoms. The second-order valence-electron chi connectivity index (χ2n) is 4.66. The van der Waals surface area contributed by atoms with Gasteiger partial charge in [-0.25, -0.2) is 0 Å². The Bertz CT molecular complexity index is 754. The van der Waals surface area contributed by atoms with E-state index in [0.717, 1.165) is 0 Å². The number of hydrogen-bond donors (Lipinski definition) is 1. The van der Waals surface area contributed by atoms with Crippen LogP contribution < -0.4 is 5.73 Å². The summed E-state index contributed by atoms with van der Waals surface area (Å²) >= 11 is 5.33. The summed E-state index contributed by atoms with van der Waals surface area (Å²) in [7, 11) is 0. The quantitative estimate of drug-likeness (QED) is 0.650. The molecule has 0 saturated carbocycles. The van der Waals surface area contributed by atoms with Crippen LogP contribution >= 0.6 is 34.9 Å². The molecule has 1 aromatic carbocycles. The Labute approximate surface area is 143 Å². The molecule has 0 aliphatic rings. The van der Waals surface area contributed by atoms with Crippen LogP contribution in [0.25, 0.3) is 11.1 Å². The molecule has 2 nitrogen and oxygen atoms in total. The molecule has 0 aliphatic heterocycles. The van der Waals surface area contributed by atoms with Gasteiger partial charge in [-0.1, -0.05) is 11.8 Å². The van der Waals surface area contributed by atoms with E-state index in [0.29, 0.717) is 6.54 Å². The van der Waals surface area contributed by atoms with E-state index in [1.54, 1.807) is 34.9 Å². The Morgan fingerprint density at radius 3 is 2.45 bits per heavy atom. The molecule has 3 aromatic rings. The summed E-state index contributed by atoms with van der Waals surface area (Å²) in [4.78, 5) is 7.84. The van der Waals surface area contributed by atoms with Crippen molar-refractivity contribution in [3.63, 3.8) is 0 Å². The van der Waals surface area contributed by atoms with Gasteiger partial charge >= 0.3 is 0 Å². The summed E-state index contributed by atoms with van der Waals surface area (Å²) in [5.74, 6) is 0. The molecule has 3 rings (SSSR count). The smallest absolute Gasteiger partial charge is 0.0649 e. The Morgan fingerprint density at radius 2 is 1.77 bits per heavy atom. The molecule has 5 heteroatoms. The van der Waals surface area contributed by atoms with Gasteiger partial charge in [0.05, 0.1) is 4.21 Å². The third kappa shape index (κ3) is 3.73. The van der Waals surface area contributed by atoms with Crippen LogP contribution in [0.15, 0.2) is 68.9 Å². The molecule has 0 atom stereocenters. The summed E-state index contributed by atoms with van der Waals surface area (Å²) in [6.45, 7) is 0.609. The highest BCUT2D eigenvalue weighted by Gasteiger charge is 2.06. The van der Waals surface area contributed by atoms with Crippen molar-refractivity contribution in [3.05, 3.63) is 59.7 Å². The molecule has 0 bridgehead atoms. The van der Waals surface area contributed by atoms with Crippen LogP contribution in [0.4, 0.5) is 0 Å². The van der Waals surface area contributed by atoms with Gasteiger partial charge in [-0.2, -0.15) is 0 Å². The molecule has 2 aromatic heterocycles. The molecular weight excluding hydrogens is 328 g/mol. The molecule has 112 valence electrons. The minimum absolute atomic E-state index is 0.609. The van der Waals surface area contributed by atoms with Crippen LogP contribution in [-0.4, -0.2) is 11.2 Å². The van der Waals surface area contributed by atoms with E-state index < -0.39 is 0 Å². The first-order valence-electron chi connectivity index (χ1n) is 6.84. The van der Waals surface area contributed by atoms with Crippen LogP contribution in [0.5, 0.6) is 0 Å². The Morgan fingerprint density at radius 1 is 1.00 bits per heavy atom. The SMILES string of the molecule is CSc1cc(Sc2ccc(CN)s2)cc(-c2ccncc2)c1. The van der Waals surface area contributed by atoms with Crippen molar-refractivity contribution < 1.29 is 0 Å². The summed E-state index contributed by atoms with van der Waals surface area (Å²) in [5, 5.41) is 0. The summed E-state index contributed by atoms with van der Waals surface area (Å²) in [5.41, 5.74) is 8.12. The van der Waals surface area contributed by atoms with Crippen molar-refractivity contribution in [3.8, 4) is 11.1 Å². The minimum Gasteiger partial charge on any atom is -0.326 e. The fourth-order valence-corrected chi connectivity index (χ4v) is 4.79. The van der Waals surface area contributed by atoms with E-state index in [9.17, 15) is 0 Å². The number of benzene rings is 1. The zero-order valence-corrected chi connectivity index (χ0v) is 14.6. The number of pyridine rings is 1. The fraction of sp³-hybridized carbons (Fsp3) is 0.118. The highest BCUT2D eigenvalue weighted by Crippen LogP contribution is 2.37. The molecule has 2 N–H and O–H groups in total. The monoisotopic (exact) mass is 344 g/mol. The number of thioether (sulfide) groups is 1. The zero-order chi connectivity index (χ0) is 15.4. The van der Waals surface area contributed by atoms with Crippen LogP contribution in [-0.2, 0) is 6.54 Å². The molecule has 0 fully saturated rings. The fourth-order valence-electron chi connectivity index (χ4n) is 2.10. The first kappa shape index (κ1) is 15.6. The number of rotatable bonds is 5. The minimum atomic E-state index is 0.609. The zero-order valence-electron chi connectivity index (χ0n) is 12.2. The molecule has 22 heavy (non-hydrogen) atoms. The van der Waals surface area contributed by atoms with Crippen LogP contribution in [0.2, 0.25) is 0 Å². The van der Waals surface area contributed by atoms with Crippen molar-refractivity contribution in [2.75, 3.05) is 6.26 Å². The lowest BCUT2D eigenvalue weighted by Gasteiger charge is -2.08. The van der Waals surface area contributed by atoms with Crippen LogP contribution in [0, 0.1) is 0 Å². The molecule has 0 amide bonds. The van der Waals surface area contributed by atoms with Gasteiger partial charge in [0.15, 0.2) is 0 Å². The Balaban J connectivity index is 1.93. The molecule has 2 heterocycles. The van der Waals surface area contributed by atoms with Gasteiger partial charge in [0.2, 0.25) is 0 Å². The van der Waals surface area contributed by atoms with E-state index >= 15 is 0 Å². The lowest BCUT2D eigenvalue weighted by Crippen LogP contribution is -1.90. The number of aromatic nitrogens is 1. The van der Waals surface area contributed by atoms with Crippen LogP contribution in [0.3, 0.4) is 0 Å². The Hall–Kier alpha value is -1.27. The largest absolute Gasteiger partial charge is 0.326 e. The predicted molar refractivity (Wildman–Crippen MR) is 97.8 cm³/mol. The van der Waals surface area contributed by atoms with Crippen molar-refractivity contribution in [2.24, 2.45) is 5.73 Å². The number of nitrogens with zero attached hydrogens (tertiary/aromatic N) is 1. The maximum atomic E-state index is 5.69. The Kier molecular flexibility index (Phi) is 5.20. The molecular formula is C17H16N2S3. The highest BCUT2D eigenvalue weighted by molar-refractivity contribution is 8.01. The van der Waals surface area contributed by atoms with Crippen molar-refractivity contribution in [2.45, 2.75) is 20.5 Å². The van der Waals surface area contributed by atoms with Gasteiger partial charge in [0.1, 0.15) is 0 Å². The summed E-state index contributed by atoms with van der Waals surface area (Å²) < 4.78 is 1.28. The van der Waals surface area contributed by atoms with E-state index in [2.05, 4.69) is 41.6 Å². The van der Waals surface area contributed by atoms with Crippen molar-refractivity contribution in [1.82, 2.24) is 4.98 Å². The van der Waals surface area contributed by atoms with Crippen molar-refractivity contribution >= 4 is 34.9 Å². The topological polar surface area (TPSA) is 38.9 Å². The van der Waals surface area contributed by atoms with Gasteiger partial charge < -0.3 is 5.73 Å². The van der Waals surface area contributed by atoms with Crippen molar-refractivity contribution in [1.29, 1.82) is 0 Å². The van der Waals surface area contributed by atoms with E-state index in [1.165, 1.54) is 30.0 Å².